The number of allylic oxidation sites excluding steroid dienone is 2. The van der Waals surface area contributed by atoms with Gasteiger partial charge in [-0.1, -0.05) is 53.7 Å². The van der Waals surface area contributed by atoms with Crippen molar-refractivity contribution < 1.29 is 0 Å². The molecule has 1 fully saturated rings. The second-order valence-electron chi connectivity index (χ2n) is 7.76. The van der Waals surface area contributed by atoms with E-state index in [-0.39, 0.29) is 0 Å². The van der Waals surface area contributed by atoms with Gasteiger partial charge in [-0.2, -0.15) is 0 Å². The molecule has 2 atom stereocenters. The van der Waals surface area contributed by atoms with Crippen LogP contribution < -0.4 is 0 Å². The van der Waals surface area contributed by atoms with Gasteiger partial charge in [0.15, 0.2) is 0 Å². The van der Waals surface area contributed by atoms with Crippen LogP contribution in [0.2, 0.25) is 0 Å². The van der Waals surface area contributed by atoms with Crippen LogP contribution in [-0.2, 0) is 0 Å². The van der Waals surface area contributed by atoms with Gasteiger partial charge in [0.1, 0.15) is 0 Å². The highest BCUT2D eigenvalue weighted by Gasteiger charge is 2.51. The zero-order valence-electron chi connectivity index (χ0n) is 11.2. The van der Waals surface area contributed by atoms with E-state index in [2.05, 4.69) is 53.7 Å². The molecular weight excluding hydrogens is 180 g/mol. The lowest BCUT2D eigenvalue weighted by atomic mass is 9.60. The summed E-state index contributed by atoms with van der Waals surface area (Å²) >= 11 is 0. The average Bonchev–Trinajstić information content (AvgIpc) is 2.38. The number of hydrogen-bond donors (Lipinski definition) is 0. The topological polar surface area (TPSA) is 0 Å². The highest BCUT2D eigenvalue weighted by Crippen LogP contribution is 2.60. The normalized spacial score (nSPS) is 40.1. The van der Waals surface area contributed by atoms with E-state index >= 15 is 0 Å². The van der Waals surface area contributed by atoms with Crippen LogP contribution in [-0.4, -0.2) is 0 Å². The molecule has 15 heavy (non-hydrogen) atoms. The summed E-state index contributed by atoms with van der Waals surface area (Å²) in [4.78, 5) is 0. The maximum Gasteiger partial charge on any atom is -0.0143 e. The Labute approximate surface area is 95.1 Å². The van der Waals surface area contributed by atoms with Crippen LogP contribution in [0, 0.1) is 28.1 Å². The third kappa shape index (κ3) is 1.77. The molecule has 2 unspecified atom stereocenters. The van der Waals surface area contributed by atoms with Crippen molar-refractivity contribution in [3.05, 3.63) is 12.2 Å². The molecule has 0 nitrogen and oxygen atoms in total. The maximum absolute atomic E-state index is 2.47. The van der Waals surface area contributed by atoms with Crippen molar-refractivity contribution in [2.45, 2.75) is 54.4 Å². The van der Waals surface area contributed by atoms with E-state index < -0.39 is 0 Å². The van der Waals surface area contributed by atoms with Crippen molar-refractivity contribution in [2.24, 2.45) is 28.1 Å². The summed E-state index contributed by atoms with van der Waals surface area (Å²) < 4.78 is 0. The minimum absolute atomic E-state index is 0.411. The summed E-state index contributed by atoms with van der Waals surface area (Å²) in [5, 5.41) is 0. The molecule has 2 aliphatic carbocycles. The molecule has 1 saturated carbocycles. The highest BCUT2D eigenvalue weighted by molar-refractivity contribution is 5.16. The molecule has 0 radical (unpaired) electrons. The minimum Gasteiger partial charge on any atom is -0.0820 e. The van der Waals surface area contributed by atoms with E-state index in [1.807, 2.05) is 0 Å². The van der Waals surface area contributed by atoms with Crippen molar-refractivity contribution in [3.63, 3.8) is 0 Å². The molecular formula is C15H26. The molecule has 0 aromatic rings. The van der Waals surface area contributed by atoms with Crippen molar-refractivity contribution >= 4 is 0 Å². The SMILES string of the molecule is CC1(C)CC2C(C1)C(C)(C)C=CC2(C)C. The third-order valence-electron chi connectivity index (χ3n) is 4.88. The molecule has 0 amide bonds. The molecule has 2 aliphatic rings. The summed E-state index contributed by atoms with van der Waals surface area (Å²) in [7, 11) is 0. The first-order valence-electron chi connectivity index (χ1n) is 6.34. The van der Waals surface area contributed by atoms with Crippen LogP contribution in [0.3, 0.4) is 0 Å². The second kappa shape index (κ2) is 2.90. The molecule has 0 aliphatic heterocycles. The van der Waals surface area contributed by atoms with E-state index in [1.165, 1.54) is 12.8 Å². The van der Waals surface area contributed by atoms with E-state index in [0.29, 0.717) is 16.2 Å². The molecule has 2 rings (SSSR count). The Balaban J connectivity index is 2.38. The van der Waals surface area contributed by atoms with E-state index in [9.17, 15) is 0 Å². The molecule has 0 N–H and O–H groups in total. The van der Waals surface area contributed by atoms with Gasteiger partial charge in [0, 0.05) is 0 Å². The molecule has 0 heteroatoms. The Morgan fingerprint density at radius 1 is 0.733 bits per heavy atom. The second-order valence-corrected chi connectivity index (χ2v) is 7.76. The van der Waals surface area contributed by atoms with Gasteiger partial charge in [-0.15, -0.1) is 0 Å². The van der Waals surface area contributed by atoms with Crippen molar-refractivity contribution in [3.8, 4) is 0 Å². The van der Waals surface area contributed by atoms with Crippen LogP contribution in [0.1, 0.15) is 54.4 Å². The van der Waals surface area contributed by atoms with Gasteiger partial charge in [-0.3, -0.25) is 0 Å². The summed E-state index contributed by atoms with van der Waals surface area (Å²) in [6, 6.07) is 0. The van der Waals surface area contributed by atoms with Gasteiger partial charge >= 0.3 is 0 Å². The van der Waals surface area contributed by atoms with Crippen LogP contribution in [0.5, 0.6) is 0 Å². The van der Waals surface area contributed by atoms with Crippen LogP contribution in [0.25, 0.3) is 0 Å². The van der Waals surface area contributed by atoms with E-state index in [0.717, 1.165) is 11.8 Å². The van der Waals surface area contributed by atoms with Gasteiger partial charge in [-0.05, 0) is 40.9 Å². The number of hydrogen-bond acceptors (Lipinski definition) is 0. The monoisotopic (exact) mass is 206 g/mol. The highest BCUT2D eigenvalue weighted by atomic mass is 14.6. The zero-order chi connectivity index (χ0) is 11.5. The molecule has 86 valence electrons. The Morgan fingerprint density at radius 2 is 1.07 bits per heavy atom. The summed E-state index contributed by atoms with van der Waals surface area (Å²) in [5.74, 6) is 1.76. The molecule has 0 aromatic heterocycles. The van der Waals surface area contributed by atoms with E-state index in [4.69, 9.17) is 0 Å². The first kappa shape index (κ1) is 11.2. The van der Waals surface area contributed by atoms with Crippen molar-refractivity contribution in [1.82, 2.24) is 0 Å². The predicted molar refractivity (Wildman–Crippen MR) is 66.7 cm³/mol. The fraction of sp³-hybridized carbons (Fsp3) is 0.867. The maximum atomic E-state index is 2.47. The Morgan fingerprint density at radius 3 is 1.40 bits per heavy atom. The molecule has 0 spiro atoms. The summed E-state index contributed by atoms with van der Waals surface area (Å²) in [6.45, 7) is 14.5. The fourth-order valence-electron chi connectivity index (χ4n) is 3.80. The van der Waals surface area contributed by atoms with Gasteiger partial charge < -0.3 is 0 Å². The quantitative estimate of drug-likeness (QED) is 0.506. The lowest BCUT2D eigenvalue weighted by molar-refractivity contribution is 0.115. The lowest BCUT2D eigenvalue weighted by Gasteiger charge is -2.45. The third-order valence-corrected chi connectivity index (χ3v) is 4.88. The Hall–Kier alpha value is -0.260. The van der Waals surface area contributed by atoms with Gasteiger partial charge in [-0.25, -0.2) is 0 Å². The van der Waals surface area contributed by atoms with Crippen molar-refractivity contribution in [2.75, 3.05) is 0 Å². The first-order chi connectivity index (χ1) is 6.64. The number of fused-ring (bicyclic) bond motifs is 1. The summed E-state index contributed by atoms with van der Waals surface area (Å²) in [5.41, 5.74) is 1.37. The van der Waals surface area contributed by atoms with Crippen LogP contribution >= 0.6 is 0 Å². The van der Waals surface area contributed by atoms with Gasteiger partial charge in [0.25, 0.3) is 0 Å². The molecule has 0 aromatic carbocycles. The van der Waals surface area contributed by atoms with E-state index in [1.54, 1.807) is 0 Å². The Bertz CT molecular complexity index is 263. The van der Waals surface area contributed by atoms with Crippen molar-refractivity contribution in [1.29, 1.82) is 0 Å². The fourth-order valence-corrected chi connectivity index (χ4v) is 3.80. The summed E-state index contributed by atoms with van der Waals surface area (Å²) in [6.07, 6.45) is 7.74. The average molecular weight is 206 g/mol. The first-order valence-corrected chi connectivity index (χ1v) is 6.34. The van der Waals surface area contributed by atoms with Crippen LogP contribution in [0.15, 0.2) is 12.2 Å². The molecule has 0 heterocycles. The number of rotatable bonds is 0. The van der Waals surface area contributed by atoms with Gasteiger partial charge in [0.2, 0.25) is 0 Å². The smallest absolute Gasteiger partial charge is 0.0143 e. The zero-order valence-corrected chi connectivity index (χ0v) is 11.2. The van der Waals surface area contributed by atoms with Gasteiger partial charge in [0.05, 0.1) is 0 Å². The molecule has 0 saturated heterocycles. The predicted octanol–water partition coefficient (Wildman–Crippen LogP) is 4.66. The Kier molecular flexibility index (Phi) is 2.17. The molecule has 0 bridgehead atoms. The standard InChI is InChI=1S/C15H26/c1-13(2)9-11-12(10-13)15(5,6)8-7-14(11,3)4/h7-8,11-12H,9-10H2,1-6H3. The lowest BCUT2D eigenvalue weighted by Crippen LogP contribution is -2.37. The largest absolute Gasteiger partial charge is 0.0820 e. The van der Waals surface area contributed by atoms with Crippen LogP contribution in [0.4, 0.5) is 0 Å². The minimum atomic E-state index is 0.411.